The summed E-state index contributed by atoms with van der Waals surface area (Å²) in [5.74, 6) is 1.09. The number of hydrogen-bond acceptors (Lipinski definition) is 5. The maximum Gasteiger partial charge on any atom is 0.258 e. The van der Waals surface area contributed by atoms with Gasteiger partial charge >= 0.3 is 0 Å². The van der Waals surface area contributed by atoms with E-state index in [1.807, 2.05) is 12.1 Å². The Labute approximate surface area is 117 Å². The molecule has 1 saturated carbocycles. The predicted molar refractivity (Wildman–Crippen MR) is 71.6 cm³/mol. The van der Waals surface area contributed by atoms with Crippen LogP contribution < -0.4 is 0 Å². The van der Waals surface area contributed by atoms with E-state index in [9.17, 15) is 0 Å². The van der Waals surface area contributed by atoms with Crippen molar-refractivity contribution in [1.82, 2.24) is 10.1 Å². The van der Waals surface area contributed by atoms with Gasteiger partial charge in [-0.2, -0.15) is 10.2 Å². The van der Waals surface area contributed by atoms with Crippen LogP contribution in [0, 0.1) is 11.3 Å². The molecule has 1 fully saturated rings. The van der Waals surface area contributed by atoms with Crippen LogP contribution in [0.2, 0.25) is 0 Å². The Bertz CT molecular complexity index is 634. The number of aromatic nitrogens is 2. The molecule has 0 atom stereocenters. The van der Waals surface area contributed by atoms with Crippen LogP contribution in [0.15, 0.2) is 28.8 Å². The quantitative estimate of drug-likeness (QED) is 0.856. The van der Waals surface area contributed by atoms with Crippen molar-refractivity contribution in [3.8, 4) is 17.5 Å². The Morgan fingerprint density at radius 1 is 1.25 bits per heavy atom. The summed E-state index contributed by atoms with van der Waals surface area (Å²) < 4.78 is 11.0. The molecule has 0 N–H and O–H groups in total. The van der Waals surface area contributed by atoms with Crippen LogP contribution in [0.1, 0.15) is 37.1 Å². The fraction of sp³-hybridized carbons (Fsp3) is 0.400. The molecule has 1 heterocycles. The first-order valence-corrected chi connectivity index (χ1v) is 6.67. The lowest BCUT2D eigenvalue weighted by atomic mass is 10.0. The summed E-state index contributed by atoms with van der Waals surface area (Å²) in [4.78, 5) is 4.48. The smallest absolute Gasteiger partial charge is 0.258 e. The zero-order valence-electron chi connectivity index (χ0n) is 11.3. The second-order valence-electron chi connectivity index (χ2n) is 5.02. The van der Waals surface area contributed by atoms with Crippen molar-refractivity contribution >= 4 is 0 Å². The molecule has 20 heavy (non-hydrogen) atoms. The highest BCUT2D eigenvalue weighted by molar-refractivity contribution is 5.54. The summed E-state index contributed by atoms with van der Waals surface area (Å²) in [7, 11) is 1.70. The summed E-state index contributed by atoms with van der Waals surface area (Å²) in [5.41, 5.74) is 1.03. The Morgan fingerprint density at radius 2 is 1.95 bits per heavy atom. The fourth-order valence-electron chi connectivity index (χ4n) is 2.68. The first-order valence-electron chi connectivity index (χ1n) is 6.67. The van der Waals surface area contributed by atoms with Crippen molar-refractivity contribution in [2.45, 2.75) is 31.3 Å². The molecule has 2 aromatic rings. The zero-order valence-corrected chi connectivity index (χ0v) is 11.3. The molecule has 3 rings (SSSR count). The molecule has 0 spiro atoms. The van der Waals surface area contributed by atoms with Crippen molar-refractivity contribution in [2.24, 2.45) is 0 Å². The second kappa shape index (κ2) is 5.06. The standard InChI is InChI=1S/C15H15N3O2/c1-19-15(8-2-3-9-15)14-17-13(20-18-14)12-6-4-11(10-16)5-7-12/h4-7H,2-3,8-9H2,1H3. The van der Waals surface area contributed by atoms with Gasteiger partial charge in [0.15, 0.2) is 0 Å². The van der Waals surface area contributed by atoms with Crippen LogP contribution in [0.5, 0.6) is 0 Å². The molecule has 0 amide bonds. The lowest BCUT2D eigenvalue weighted by Crippen LogP contribution is -2.25. The minimum atomic E-state index is -0.394. The minimum absolute atomic E-state index is 0.394. The lowest BCUT2D eigenvalue weighted by Gasteiger charge is -2.22. The van der Waals surface area contributed by atoms with Gasteiger partial charge in [-0.3, -0.25) is 0 Å². The third-order valence-electron chi connectivity index (χ3n) is 3.90. The maximum atomic E-state index is 8.79. The molecule has 0 bridgehead atoms. The molecular formula is C15H15N3O2. The van der Waals surface area contributed by atoms with Gasteiger partial charge in [0.25, 0.3) is 5.89 Å². The van der Waals surface area contributed by atoms with E-state index < -0.39 is 5.60 Å². The molecule has 0 saturated heterocycles. The van der Waals surface area contributed by atoms with E-state index in [-0.39, 0.29) is 0 Å². The SMILES string of the molecule is COC1(c2noc(-c3ccc(C#N)cc3)n2)CCCC1. The highest BCUT2D eigenvalue weighted by atomic mass is 16.5. The minimum Gasteiger partial charge on any atom is -0.370 e. The van der Waals surface area contributed by atoms with Crippen molar-refractivity contribution in [1.29, 1.82) is 5.26 Å². The van der Waals surface area contributed by atoms with Gasteiger partial charge in [-0.15, -0.1) is 0 Å². The van der Waals surface area contributed by atoms with E-state index >= 15 is 0 Å². The number of ether oxygens (including phenoxy) is 1. The maximum absolute atomic E-state index is 8.79. The summed E-state index contributed by atoms with van der Waals surface area (Å²) in [5, 5.41) is 12.9. The molecule has 102 valence electrons. The van der Waals surface area contributed by atoms with Gasteiger partial charge in [0.2, 0.25) is 5.82 Å². The Kier molecular flexibility index (Phi) is 3.25. The molecule has 5 heteroatoms. The topological polar surface area (TPSA) is 71.9 Å². The lowest BCUT2D eigenvalue weighted by molar-refractivity contribution is -0.0178. The largest absolute Gasteiger partial charge is 0.370 e. The van der Waals surface area contributed by atoms with Crippen molar-refractivity contribution in [2.75, 3.05) is 7.11 Å². The van der Waals surface area contributed by atoms with E-state index in [1.165, 1.54) is 0 Å². The Morgan fingerprint density at radius 3 is 2.55 bits per heavy atom. The van der Waals surface area contributed by atoms with E-state index in [2.05, 4.69) is 16.2 Å². The number of rotatable bonds is 3. The van der Waals surface area contributed by atoms with Crippen molar-refractivity contribution in [3.05, 3.63) is 35.7 Å². The molecule has 0 aliphatic heterocycles. The summed E-state index contributed by atoms with van der Waals surface area (Å²) in [6.45, 7) is 0. The van der Waals surface area contributed by atoms with Crippen molar-refractivity contribution < 1.29 is 9.26 Å². The molecule has 5 nitrogen and oxygen atoms in total. The van der Waals surface area contributed by atoms with Crippen LogP contribution >= 0.6 is 0 Å². The highest BCUT2D eigenvalue weighted by Gasteiger charge is 2.40. The Hall–Kier alpha value is -2.19. The van der Waals surface area contributed by atoms with E-state index in [4.69, 9.17) is 14.5 Å². The molecule has 1 aromatic carbocycles. The molecule has 0 radical (unpaired) electrons. The second-order valence-corrected chi connectivity index (χ2v) is 5.02. The number of nitriles is 1. The molecule has 1 aromatic heterocycles. The first kappa shape index (κ1) is 12.8. The van der Waals surface area contributed by atoms with Crippen LogP contribution in [0.4, 0.5) is 0 Å². The predicted octanol–water partition coefficient (Wildman–Crippen LogP) is 3.02. The first-order chi connectivity index (χ1) is 9.77. The molecule has 0 unspecified atom stereocenters. The molecular weight excluding hydrogens is 254 g/mol. The van der Waals surface area contributed by atoms with Gasteiger partial charge in [-0.25, -0.2) is 0 Å². The summed E-state index contributed by atoms with van der Waals surface area (Å²) >= 11 is 0. The van der Waals surface area contributed by atoms with Gasteiger partial charge < -0.3 is 9.26 Å². The third-order valence-corrected chi connectivity index (χ3v) is 3.90. The average molecular weight is 269 g/mol. The van der Waals surface area contributed by atoms with Gasteiger partial charge in [-0.05, 0) is 49.9 Å². The zero-order chi connectivity index (χ0) is 14.0. The van der Waals surface area contributed by atoms with Gasteiger partial charge in [0, 0.05) is 12.7 Å². The molecule has 1 aliphatic carbocycles. The summed E-state index contributed by atoms with van der Waals surface area (Å²) in [6, 6.07) is 9.18. The fourth-order valence-corrected chi connectivity index (χ4v) is 2.68. The van der Waals surface area contributed by atoms with Crippen LogP contribution in [0.3, 0.4) is 0 Å². The van der Waals surface area contributed by atoms with Crippen LogP contribution in [-0.4, -0.2) is 17.3 Å². The van der Waals surface area contributed by atoms with Crippen molar-refractivity contribution in [3.63, 3.8) is 0 Å². The van der Waals surface area contributed by atoms with E-state index in [1.54, 1.807) is 19.2 Å². The monoisotopic (exact) mass is 269 g/mol. The van der Waals surface area contributed by atoms with Gasteiger partial charge in [-0.1, -0.05) is 5.16 Å². The van der Waals surface area contributed by atoms with E-state index in [0.717, 1.165) is 31.2 Å². The van der Waals surface area contributed by atoms with E-state index in [0.29, 0.717) is 17.3 Å². The summed E-state index contributed by atoms with van der Waals surface area (Å²) in [6.07, 6.45) is 4.09. The number of methoxy groups -OCH3 is 1. The number of hydrogen-bond donors (Lipinski definition) is 0. The molecule has 1 aliphatic rings. The Balaban J connectivity index is 1.91. The van der Waals surface area contributed by atoms with Gasteiger partial charge in [0.1, 0.15) is 5.60 Å². The van der Waals surface area contributed by atoms with Gasteiger partial charge in [0.05, 0.1) is 11.6 Å². The third kappa shape index (κ3) is 2.08. The number of nitrogens with zero attached hydrogens (tertiary/aromatic N) is 3. The normalized spacial score (nSPS) is 17.0. The van der Waals surface area contributed by atoms with Crippen LogP contribution in [0.25, 0.3) is 11.5 Å². The highest BCUT2D eigenvalue weighted by Crippen LogP contribution is 2.40. The average Bonchev–Trinajstić information content (AvgIpc) is 3.17. The van der Waals surface area contributed by atoms with Crippen LogP contribution in [-0.2, 0) is 10.3 Å². The number of benzene rings is 1.